The Bertz CT molecular complexity index is 705. The molecular weight excluding hydrogens is 527 g/mol. The van der Waals surface area contributed by atoms with Crippen molar-refractivity contribution >= 4 is 47.4 Å². The topological polar surface area (TPSA) is 68.2 Å². The number of nitrogens with zero attached hydrogens (tertiary/aromatic N) is 3. The summed E-state index contributed by atoms with van der Waals surface area (Å²) in [5.74, 6) is 1.04. The second-order valence-corrected chi connectivity index (χ2v) is 8.46. The third kappa shape index (κ3) is 8.42. The molecule has 0 bridgehead atoms. The van der Waals surface area contributed by atoms with Crippen LogP contribution in [0.5, 0.6) is 0 Å². The molecule has 0 unspecified atom stereocenters. The van der Waals surface area contributed by atoms with Crippen LogP contribution >= 0.6 is 35.6 Å². The van der Waals surface area contributed by atoms with Gasteiger partial charge >= 0.3 is 0 Å². The quantitative estimate of drug-likeness (QED) is 0.272. The minimum Gasteiger partial charge on any atom is -0.396 e. The van der Waals surface area contributed by atoms with Gasteiger partial charge in [0.2, 0.25) is 5.91 Å². The molecule has 0 radical (unpaired) electrons. The number of hydrogen-bond acceptors (Lipinski definition) is 3. The van der Waals surface area contributed by atoms with Crippen molar-refractivity contribution < 1.29 is 9.90 Å². The van der Waals surface area contributed by atoms with E-state index in [1.54, 1.807) is 0 Å². The number of hydrogen-bond donors (Lipinski definition) is 2. The molecule has 0 spiro atoms. The minimum absolute atomic E-state index is 0. The van der Waals surface area contributed by atoms with Gasteiger partial charge in [0.15, 0.2) is 5.96 Å². The van der Waals surface area contributed by atoms with Crippen molar-refractivity contribution in [3.63, 3.8) is 0 Å². The molecule has 1 aromatic rings. The maximum Gasteiger partial charge on any atom is 0.227 e. The fraction of sp³-hybridized carbons (Fsp3) is 0.652. The van der Waals surface area contributed by atoms with Gasteiger partial charge in [-0.2, -0.15) is 0 Å². The Morgan fingerprint density at radius 1 is 1.16 bits per heavy atom. The number of carbonyl (C=O) groups excluding carboxylic acids is 1. The summed E-state index contributed by atoms with van der Waals surface area (Å²) < 4.78 is 0. The first-order valence-corrected chi connectivity index (χ1v) is 11.5. The number of carbonyl (C=O) groups is 1. The number of halogens is 2. The van der Waals surface area contributed by atoms with Crippen molar-refractivity contribution in [1.29, 1.82) is 0 Å². The van der Waals surface area contributed by atoms with Crippen molar-refractivity contribution in [3.8, 4) is 0 Å². The van der Waals surface area contributed by atoms with Crippen LogP contribution in [0.1, 0.15) is 45.6 Å². The monoisotopic (exact) mass is 564 g/mol. The first-order valence-electron chi connectivity index (χ1n) is 11.1. The van der Waals surface area contributed by atoms with Crippen molar-refractivity contribution in [1.82, 2.24) is 15.1 Å². The third-order valence-corrected chi connectivity index (χ3v) is 6.45. The molecule has 0 aromatic heterocycles. The van der Waals surface area contributed by atoms with Crippen LogP contribution in [-0.2, 0) is 11.2 Å². The van der Waals surface area contributed by atoms with E-state index < -0.39 is 0 Å². The van der Waals surface area contributed by atoms with Gasteiger partial charge in [0.25, 0.3) is 0 Å². The molecule has 2 N–H and O–H groups in total. The summed E-state index contributed by atoms with van der Waals surface area (Å²) in [5.41, 5.74) is 0.994. The van der Waals surface area contributed by atoms with E-state index >= 15 is 0 Å². The van der Waals surface area contributed by atoms with Crippen LogP contribution in [0.2, 0.25) is 5.02 Å². The van der Waals surface area contributed by atoms with Crippen molar-refractivity contribution in [2.75, 3.05) is 45.9 Å². The maximum atomic E-state index is 12.7. The van der Waals surface area contributed by atoms with Crippen molar-refractivity contribution in [2.24, 2.45) is 10.4 Å². The molecule has 176 valence electrons. The highest BCUT2D eigenvalue weighted by molar-refractivity contribution is 14.0. The average Bonchev–Trinajstić information content (AvgIpc) is 2.76. The Hall–Kier alpha value is -1.06. The number of rotatable bonds is 9. The number of piperazine rings is 1. The fourth-order valence-corrected chi connectivity index (χ4v) is 4.13. The molecule has 0 atom stereocenters. The van der Waals surface area contributed by atoms with Gasteiger partial charge < -0.3 is 20.2 Å². The average molecular weight is 565 g/mol. The van der Waals surface area contributed by atoms with Gasteiger partial charge in [0, 0.05) is 50.9 Å². The fourth-order valence-electron chi connectivity index (χ4n) is 3.91. The van der Waals surface area contributed by atoms with Crippen molar-refractivity contribution in [3.05, 3.63) is 34.9 Å². The molecule has 1 heterocycles. The molecule has 31 heavy (non-hydrogen) atoms. The number of aliphatic imine (C=N–C) groups is 1. The number of benzene rings is 1. The zero-order valence-electron chi connectivity index (χ0n) is 19.1. The minimum atomic E-state index is 0. The van der Waals surface area contributed by atoms with E-state index in [0.29, 0.717) is 31.1 Å². The predicted molar refractivity (Wildman–Crippen MR) is 139 cm³/mol. The molecule has 1 aromatic carbocycles. The van der Waals surface area contributed by atoms with Gasteiger partial charge in [0.05, 0.1) is 6.42 Å². The second kappa shape index (κ2) is 14.2. The van der Waals surface area contributed by atoms with Gasteiger partial charge in [-0.25, -0.2) is 0 Å². The predicted octanol–water partition coefficient (Wildman–Crippen LogP) is 3.80. The largest absolute Gasteiger partial charge is 0.396 e. The number of aliphatic hydroxyl groups is 1. The van der Waals surface area contributed by atoms with Gasteiger partial charge in [-0.05, 0) is 49.3 Å². The first-order chi connectivity index (χ1) is 14.5. The normalized spacial score (nSPS) is 14.9. The molecule has 1 amide bonds. The molecule has 6 nitrogen and oxygen atoms in total. The zero-order valence-corrected chi connectivity index (χ0v) is 22.2. The molecule has 0 saturated carbocycles. The summed E-state index contributed by atoms with van der Waals surface area (Å²) in [6, 6.07) is 7.50. The second-order valence-electron chi connectivity index (χ2n) is 8.03. The Labute approximate surface area is 209 Å². The molecule has 2 rings (SSSR count). The van der Waals surface area contributed by atoms with E-state index in [1.807, 2.05) is 29.2 Å². The lowest BCUT2D eigenvalue weighted by molar-refractivity contribution is -0.131. The maximum absolute atomic E-state index is 12.7. The Morgan fingerprint density at radius 3 is 2.35 bits per heavy atom. The zero-order chi connectivity index (χ0) is 22.0. The number of nitrogens with one attached hydrogen (secondary N) is 1. The van der Waals surface area contributed by atoms with Gasteiger partial charge in [-0.15, -0.1) is 24.0 Å². The van der Waals surface area contributed by atoms with Gasteiger partial charge in [0.1, 0.15) is 0 Å². The van der Waals surface area contributed by atoms with Crippen LogP contribution < -0.4 is 5.32 Å². The lowest BCUT2D eigenvalue weighted by Gasteiger charge is -2.37. The molecule has 1 fully saturated rings. The summed E-state index contributed by atoms with van der Waals surface area (Å²) in [6.07, 6.45) is 3.15. The van der Waals surface area contributed by atoms with E-state index in [-0.39, 0.29) is 41.9 Å². The summed E-state index contributed by atoms with van der Waals surface area (Å²) in [6.45, 7) is 11.0. The first kappa shape index (κ1) is 28.0. The lowest BCUT2D eigenvalue weighted by Crippen LogP contribution is -2.54. The molecule has 1 aliphatic heterocycles. The van der Waals surface area contributed by atoms with E-state index in [9.17, 15) is 9.90 Å². The van der Waals surface area contributed by atoms with E-state index in [0.717, 1.165) is 50.4 Å². The van der Waals surface area contributed by atoms with Crippen LogP contribution in [0.3, 0.4) is 0 Å². The van der Waals surface area contributed by atoms with Crippen molar-refractivity contribution in [2.45, 2.75) is 46.5 Å². The van der Waals surface area contributed by atoms with Gasteiger partial charge in [-0.1, -0.05) is 37.6 Å². The molecule has 1 saturated heterocycles. The number of guanidine groups is 1. The van der Waals surface area contributed by atoms with E-state index in [1.165, 1.54) is 0 Å². The van der Waals surface area contributed by atoms with Crippen LogP contribution in [0.4, 0.5) is 0 Å². The number of amides is 1. The highest BCUT2D eigenvalue weighted by Crippen LogP contribution is 2.30. The summed E-state index contributed by atoms with van der Waals surface area (Å²) in [4.78, 5) is 21.8. The Morgan fingerprint density at radius 2 is 1.81 bits per heavy atom. The number of aliphatic hydroxyl groups excluding tert-OH is 1. The Balaban J connectivity index is 0.00000480. The molecule has 1 aliphatic rings. The molecule has 8 heteroatoms. The molecular formula is C23H38ClIN4O2. The summed E-state index contributed by atoms with van der Waals surface area (Å²) >= 11 is 6.03. The lowest BCUT2D eigenvalue weighted by atomic mass is 9.79. The van der Waals surface area contributed by atoms with E-state index in [2.05, 4.69) is 31.0 Å². The van der Waals surface area contributed by atoms with Crippen LogP contribution in [-0.4, -0.2) is 72.6 Å². The summed E-state index contributed by atoms with van der Waals surface area (Å²) in [7, 11) is 0. The highest BCUT2D eigenvalue weighted by Gasteiger charge is 2.27. The standard InChI is InChI=1S/C23H37ClN4O2.HI/c1-4-23(5-2,10-15-29)18-26-22(25-6-3)28-13-11-27(12-14-28)21(30)17-19-8-7-9-20(24)16-19;/h7-9,16,29H,4-6,10-15,17-18H2,1-3H3,(H,25,26);1H. The SMILES string of the molecule is CCNC(=NCC(CC)(CC)CCO)N1CCN(C(=O)Cc2cccc(Cl)c2)CC1.I. The van der Waals surface area contributed by atoms with E-state index in [4.69, 9.17) is 16.6 Å². The summed E-state index contributed by atoms with van der Waals surface area (Å²) in [5, 5.41) is 13.5. The third-order valence-electron chi connectivity index (χ3n) is 6.22. The smallest absolute Gasteiger partial charge is 0.227 e. The highest BCUT2D eigenvalue weighted by atomic mass is 127. The van der Waals surface area contributed by atoms with Crippen LogP contribution in [0.25, 0.3) is 0 Å². The molecule has 0 aliphatic carbocycles. The van der Waals surface area contributed by atoms with Gasteiger partial charge in [-0.3, -0.25) is 9.79 Å². The Kier molecular flexibility index (Phi) is 12.8. The van der Waals surface area contributed by atoms with Crippen LogP contribution in [0, 0.1) is 5.41 Å². The van der Waals surface area contributed by atoms with Crippen LogP contribution in [0.15, 0.2) is 29.3 Å².